The molecule has 2 amide bonds. The number of amides is 2. The highest BCUT2D eigenvalue weighted by molar-refractivity contribution is 5.74. The first-order chi connectivity index (χ1) is 69.7. The molecule has 149 heavy (non-hydrogen) atoms. The number of cyclic esters (lactones) is 1. The molecular formula is C103H182N4O42. The topological polar surface area (TPSA) is 740 Å². The minimum absolute atomic E-state index is 0.0765. The molecule has 46 heteroatoms. The van der Waals surface area contributed by atoms with E-state index in [0.717, 1.165) is 0 Å². The van der Waals surface area contributed by atoms with E-state index in [1.54, 1.807) is 39.8 Å². The standard InChI is InChI=1S/C103H182N4O42/c1-44-24-20-22-28-67(115)49(6)70(118)35-64(114)37-73(142-99-89(128)87(126)85(124)76(43-108)144-99)51(8)74-40-71(119)96(131)103(133,149-74)41-75(45(2)30-32-63(113)34-61(111)27-23-29-68(116)50(7)97(132)141-72(44)36-62(112)26-21-19-25-46(3)81(120)47(4)31-33-69(117)48(5)52(9)134-79-42-102(18,105)95(130)58(15)137-79)143-101-94(148-98-88(127)86(125)80(104)53(10)138-98)93(146-78-39-66(107-60(17)110)83(122)55(12)136-78)91(57(14)140-101)147-100-90(129)92(84(123)56(13)139-100)145-77-38-65(106-59(16)109)82(121)54(11)135-77/h20,22-24,28-29,44-58,61-96,98-101,108,111-131,133H,19,21,25-27,30-43,104-105H2,1-18H3,(H,106,109)(H,107,110)/t44?,45?,46?,47?,48?,49?,50?,51?,52?,53-,54-,55-,56-,57-,58+,61?,62?,63?,64?,65-,66-,67?,68?,69?,70?,71?,72?,73?,74?,75?,76-,77+,78+,79-,80-,81?,82-,83-,84-,85-,86+,87+,88-,89-,90-,91-,92+,93+,94-,95-,96?,98+,99-,100+,101+,102+,103?/m1/s1. The zero-order valence-electron chi connectivity index (χ0n) is 89.4. The number of esters is 1. The molecule has 8 saturated heterocycles. The summed E-state index contributed by atoms with van der Waals surface area (Å²) < 4.78 is 103. The summed E-state index contributed by atoms with van der Waals surface area (Å²) >= 11 is 0. The van der Waals surface area contributed by atoms with Gasteiger partial charge in [-0.15, -0.1) is 0 Å². The van der Waals surface area contributed by atoms with Crippen molar-refractivity contribution in [2.75, 3.05) is 6.61 Å². The smallest absolute Gasteiger partial charge is 0.311 e. The van der Waals surface area contributed by atoms with Crippen LogP contribution in [0.25, 0.3) is 0 Å². The third kappa shape index (κ3) is 35.3. The highest BCUT2D eigenvalue weighted by atomic mass is 16.8. The van der Waals surface area contributed by atoms with E-state index in [4.69, 9.17) is 87.3 Å². The van der Waals surface area contributed by atoms with Gasteiger partial charge in [-0.25, -0.2) is 0 Å². The van der Waals surface area contributed by atoms with Crippen molar-refractivity contribution in [1.82, 2.24) is 10.6 Å². The average molecular weight is 2150 g/mol. The van der Waals surface area contributed by atoms with Crippen LogP contribution in [0.2, 0.25) is 0 Å². The summed E-state index contributed by atoms with van der Waals surface area (Å²) in [6.45, 7) is 27.7. The quantitative estimate of drug-likeness (QED) is 0.0191. The van der Waals surface area contributed by atoms with E-state index in [1.165, 1.54) is 93.5 Å². The van der Waals surface area contributed by atoms with E-state index in [0.29, 0.717) is 32.1 Å². The first-order valence-electron chi connectivity index (χ1n) is 53.5. The van der Waals surface area contributed by atoms with E-state index < -0.39 is 379 Å². The summed E-state index contributed by atoms with van der Waals surface area (Å²) in [4.78, 5) is 39.5. The van der Waals surface area contributed by atoms with Crippen LogP contribution in [0.15, 0.2) is 36.5 Å². The maximum atomic E-state index is 14.3. The first kappa shape index (κ1) is 128. The second-order valence-electron chi connectivity index (χ2n) is 44.6. The summed E-state index contributed by atoms with van der Waals surface area (Å²) in [5.74, 6) is -10.8. The fraction of sp³-hybridized carbons (Fsp3) is 0.913. The van der Waals surface area contributed by atoms with Crippen molar-refractivity contribution < 1.29 is 208 Å². The molecule has 9 rings (SSSR count). The van der Waals surface area contributed by atoms with E-state index >= 15 is 0 Å². The number of fused-ring (bicyclic) bond motifs is 2. The van der Waals surface area contributed by atoms with Gasteiger partial charge in [-0.1, -0.05) is 97.8 Å². The third-order valence-electron chi connectivity index (χ3n) is 32.1. The van der Waals surface area contributed by atoms with Gasteiger partial charge in [-0.3, -0.25) is 14.4 Å². The number of rotatable bonds is 31. The summed E-state index contributed by atoms with van der Waals surface area (Å²) in [5.41, 5.74) is 11.8. The summed E-state index contributed by atoms with van der Waals surface area (Å²) in [7, 11) is 0. The highest BCUT2D eigenvalue weighted by Crippen LogP contribution is 2.45. The Morgan fingerprint density at radius 2 is 1.03 bits per heavy atom. The van der Waals surface area contributed by atoms with Crippen molar-refractivity contribution in [2.45, 2.75) is 540 Å². The van der Waals surface area contributed by atoms with E-state index in [2.05, 4.69) is 10.6 Å². The molecule has 0 aromatic rings. The number of ether oxygens (including phenoxy) is 16. The molecule has 46 nitrogen and oxygen atoms in total. The Hall–Kier alpha value is -3.97. The van der Waals surface area contributed by atoms with E-state index in [-0.39, 0.29) is 75.5 Å². The largest absolute Gasteiger partial charge is 0.461 e. The second kappa shape index (κ2) is 58.2. The Kier molecular flexibility index (Phi) is 50.2. The molecular weight excluding hydrogens is 1970 g/mol. The van der Waals surface area contributed by atoms with Crippen molar-refractivity contribution in [2.24, 2.45) is 58.8 Å². The number of allylic oxidation sites excluding steroid dienone is 2. The van der Waals surface area contributed by atoms with Gasteiger partial charge < -0.3 is 215 Å². The molecule has 0 radical (unpaired) electrons. The van der Waals surface area contributed by atoms with Gasteiger partial charge >= 0.3 is 5.97 Å². The van der Waals surface area contributed by atoms with Gasteiger partial charge in [0, 0.05) is 88.0 Å². The van der Waals surface area contributed by atoms with Crippen LogP contribution in [0, 0.1) is 47.3 Å². The molecule has 0 aromatic carbocycles. The molecule has 0 saturated carbocycles. The molecule has 9 aliphatic rings. The van der Waals surface area contributed by atoms with Gasteiger partial charge in [-0.2, -0.15) is 0 Å². The molecule has 9 aliphatic heterocycles. The molecule has 0 aliphatic carbocycles. The summed E-state index contributed by atoms with van der Waals surface area (Å²) in [6, 6.07) is -3.24. The number of hydrogen-bond donors (Lipinski definition) is 27. The van der Waals surface area contributed by atoms with Crippen LogP contribution in [0.4, 0.5) is 0 Å². The normalized spacial score (nSPS) is 46.4. The van der Waals surface area contributed by atoms with Gasteiger partial charge in [0.15, 0.2) is 49.8 Å². The van der Waals surface area contributed by atoms with Crippen molar-refractivity contribution in [1.29, 1.82) is 0 Å². The Bertz CT molecular complexity index is 4050. The molecule has 57 atom stereocenters. The number of nitrogens with two attached hydrogens (primary N) is 2. The lowest BCUT2D eigenvalue weighted by Gasteiger charge is -2.52. The number of unbranched alkanes of at least 4 members (excludes halogenated alkanes) is 1. The first-order valence-corrected chi connectivity index (χ1v) is 53.5. The molecule has 9 heterocycles. The van der Waals surface area contributed by atoms with Crippen LogP contribution in [-0.4, -0.2) is 441 Å². The minimum Gasteiger partial charge on any atom is -0.461 e. The fourth-order valence-corrected chi connectivity index (χ4v) is 21.4. The van der Waals surface area contributed by atoms with Gasteiger partial charge in [0.1, 0.15) is 97.7 Å². The highest BCUT2D eigenvalue weighted by Gasteiger charge is 2.60. The number of hydrogen-bond acceptors (Lipinski definition) is 44. The fourth-order valence-electron chi connectivity index (χ4n) is 21.4. The average Bonchev–Trinajstić information content (AvgIpc) is 0.762. The monoisotopic (exact) mass is 2150 g/mol. The molecule has 25 unspecified atom stereocenters. The van der Waals surface area contributed by atoms with Crippen LogP contribution < -0.4 is 22.1 Å². The summed E-state index contributed by atoms with van der Waals surface area (Å²) in [6.07, 6.45) is -56.8. The number of nitrogens with one attached hydrogen (secondary N) is 2. The molecule has 8 fully saturated rings. The van der Waals surface area contributed by atoms with Crippen molar-refractivity contribution in [3.8, 4) is 0 Å². The Morgan fingerprint density at radius 1 is 0.483 bits per heavy atom. The van der Waals surface area contributed by atoms with Crippen LogP contribution in [0.1, 0.15) is 240 Å². The Morgan fingerprint density at radius 3 is 1.65 bits per heavy atom. The van der Waals surface area contributed by atoms with Gasteiger partial charge in [0.2, 0.25) is 11.8 Å². The SMILES string of the molecule is CC(=O)N[C@@H]1C[C@H](O[C@@H]2[C@@H](O)[C@H](O[C@H]3[C@H](O[C@H]4C[C@@H](NC(C)=O)[C@H](O)[C@@H](C)O4)[C@@H](O[C@@H]4O[C@H](C)[C@@H](N)[C@H](O)[C@H]4O)[C@H](OC4CC5(O)OC(CC(O)C5O)C(C)C(O[C@@H]5O[C@H](CO)[C@@H](O)[C@H](O)[C@H]5O)CC(O)CC(O)C(C)C(O)C=CC=CC(C)C(CC(O)CCCCC(C)C(O)C(C)CCC(O)C(C)C(C)O[C@H]5C[C@](C)(N)[C@H](O)[C@H](C)O5)OC(=O)C(C)C(O)C=CCC(O)CC(O)CCC4C)O[C@@H]3C)O[C@H](C)[C@H]2O)O[C@H](C)[C@H]1O. The predicted molar refractivity (Wildman–Crippen MR) is 527 cm³/mol. The maximum Gasteiger partial charge on any atom is 0.311 e. The Labute approximate surface area is 873 Å². The zero-order valence-corrected chi connectivity index (χ0v) is 89.4. The maximum absolute atomic E-state index is 14.3. The summed E-state index contributed by atoms with van der Waals surface area (Å²) in [5, 5.41) is 274. The van der Waals surface area contributed by atoms with Gasteiger partial charge in [0.25, 0.3) is 0 Å². The van der Waals surface area contributed by atoms with Crippen LogP contribution >= 0.6 is 0 Å². The van der Waals surface area contributed by atoms with E-state index in [9.17, 15) is 132 Å². The molecule has 2 bridgehead atoms. The van der Waals surface area contributed by atoms with Gasteiger partial charge in [0.05, 0.1) is 159 Å². The number of aliphatic hydroxyl groups excluding tert-OH is 22. The van der Waals surface area contributed by atoms with Crippen LogP contribution in [-0.2, 0) is 90.2 Å². The zero-order chi connectivity index (χ0) is 111. The molecule has 0 spiro atoms. The molecule has 29 N–H and O–H groups in total. The lowest BCUT2D eigenvalue weighted by atomic mass is 9.82. The van der Waals surface area contributed by atoms with Gasteiger partial charge in [-0.05, 0) is 138 Å². The lowest BCUT2D eigenvalue weighted by molar-refractivity contribution is -0.405. The number of aliphatic hydroxyl groups is 23. The molecule has 866 valence electrons. The second-order valence-corrected chi connectivity index (χ2v) is 44.6. The number of carbonyl (C=O) groups is 3. The predicted octanol–water partition coefficient (Wildman–Crippen LogP) is -2.69. The van der Waals surface area contributed by atoms with E-state index in [1.807, 2.05) is 27.7 Å². The van der Waals surface area contributed by atoms with Crippen molar-refractivity contribution in [3.05, 3.63) is 36.5 Å². The Balaban J connectivity index is 1.02. The third-order valence-corrected chi connectivity index (χ3v) is 32.1. The molecule has 0 aromatic heterocycles. The van der Waals surface area contributed by atoms with Crippen LogP contribution in [0.5, 0.6) is 0 Å². The number of carbonyl (C=O) groups excluding carboxylic acids is 3. The van der Waals surface area contributed by atoms with Crippen molar-refractivity contribution >= 4 is 17.8 Å². The minimum atomic E-state index is -3.01. The van der Waals surface area contributed by atoms with Crippen LogP contribution in [0.3, 0.4) is 0 Å². The van der Waals surface area contributed by atoms with Crippen molar-refractivity contribution in [3.63, 3.8) is 0 Å². The lowest BCUT2D eigenvalue weighted by Crippen LogP contribution is -2.68.